The molecular formula is C18H21N5O5. The predicted molar refractivity (Wildman–Crippen MR) is 101 cm³/mol. The zero-order chi connectivity index (χ0) is 20.7. The third kappa shape index (κ3) is 6.02. The number of methoxy groups -OCH3 is 1. The van der Waals surface area contributed by atoms with Gasteiger partial charge in [-0.2, -0.15) is 0 Å². The quantitative estimate of drug-likeness (QED) is 0.693. The van der Waals surface area contributed by atoms with Crippen molar-refractivity contribution in [2.45, 2.75) is 26.4 Å². The molecule has 0 unspecified atom stereocenters. The Balaban J connectivity index is 1.95. The molecule has 2 aromatic rings. The molecule has 0 aliphatic heterocycles. The van der Waals surface area contributed by atoms with Crippen molar-refractivity contribution >= 4 is 29.5 Å². The van der Waals surface area contributed by atoms with Gasteiger partial charge in [0.1, 0.15) is 28.7 Å². The van der Waals surface area contributed by atoms with Gasteiger partial charge in [-0.1, -0.05) is 0 Å². The van der Waals surface area contributed by atoms with Crippen LogP contribution in [-0.4, -0.2) is 40.5 Å². The number of amides is 4. The van der Waals surface area contributed by atoms with E-state index in [9.17, 15) is 14.4 Å². The summed E-state index contributed by atoms with van der Waals surface area (Å²) >= 11 is 0. The standard InChI is InChI=1S/C18H21N5O5/c1-11(24)21-15-9-12(7-8-19-15)28-13-5-6-14(20-10-13)22-17(26)23-16(25)18(2,3)27-4/h5-10H,1-4H3,(H,19,21,24)(H2,20,22,23,25,26). The number of ether oxygens (including phenoxy) is 2. The molecule has 2 rings (SSSR count). The largest absolute Gasteiger partial charge is 0.456 e. The maximum atomic E-state index is 11.9. The summed E-state index contributed by atoms with van der Waals surface area (Å²) in [4.78, 5) is 42.9. The van der Waals surface area contributed by atoms with Gasteiger partial charge in [0, 0.05) is 26.3 Å². The van der Waals surface area contributed by atoms with Crippen LogP contribution in [0.25, 0.3) is 0 Å². The van der Waals surface area contributed by atoms with Gasteiger partial charge in [-0.25, -0.2) is 14.8 Å². The molecule has 0 atom stereocenters. The monoisotopic (exact) mass is 387 g/mol. The van der Waals surface area contributed by atoms with Gasteiger partial charge in [0.15, 0.2) is 0 Å². The molecule has 148 valence electrons. The lowest BCUT2D eigenvalue weighted by Gasteiger charge is -2.20. The van der Waals surface area contributed by atoms with Crippen LogP contribution in [0.3, 0.4) is 0 Å². The van der Waals surface area contributed by atoms with Gasteiger partial charge in [0.2, 0.25) is 5.91 Å². The van der Waals surface area contributed by atoms with Crippen LogP contribution in [0.1, 0.15) is 20.8 Å². The number of pyridine rings is 2. The number of rotatable bonds is 6. The summed E-state index contributed by atoms with van der Waals surface area (Å²) in [6.07, 6.45) is 2.89. The predicted octanol–water partition coefficient (Wildman–Crippen LogP) is 2.30. The van der Waals surface area contributed by atoms with E-state index < -0.39 is 17.5 Å². The van der Waals surface area contributed by atoms with Gasteiger partial charge in [-0.3, -0.25) is 20.2 Å². The first kappa shape index (κ1) is 20.8. The molecule has 0 aromatic carbocycles. The summed E-state index contributed by atoms with van der Waals surface area (Å²) in [5.41, 5.74) is -1.14. The van der Waals surface area contributed by atoms with Crippen LogP contribution in [0.5, 0.6) is 11.5 Å². The molecule has 28 heavy (non-hydrogen) atoms. The average molecular weight is 387 g/mol. The highest BCUT2D eigenvalue weighted by atomic mass is 16.5. The Morgan fingerprint density at radius 3 is 2.36 bits per heavy atom. The lowest BCUT2D eigenvalue weighted by atomic mass is 10.1. The van der Waals surface area contributed by atoms with Crippen LogP contribution in [0.4, 0.5) is 16.4 Å². The molecule has 0 spiro atoms. The zero-order valence-electron chi connectivity index (χ0n) is 15.9. The van der Waals surface area contributed by atoms with Crippen molar-refractivity contribution in [1.82, 2.24) is 15.3 Å². The Morgan fingerprint density at radius 1 is 1.00 bits per heavy atom. The normalized spacial score (nSPS) is 10.7. The minimum Gasteiger partial charge on any atom is -0.456 e. The van der Waals surface area contributed by atoms with Crippen molar-refractivity contribution in [2.24, 2.45) is 0 Å². The minimum absolute atomic E-state index is 0.224. The van der Waals surface area contributed by atoms with Crippen LogP contribution in [-0.2, 0) is 14.3 Å². The number of hydrogen-bond donors (Lipinski definition) is 3. The molecule has 0 aliphatic rings. The summed E-state index contributed by atoms with van der Waals surface area (Å²) in [6.45, 7) is 4.46. The van der Waals surface area contributed by atoms with Crippen molar-refractivity contribution in [3.05, 3.63) is 36.7 Å². The van der Waals surface area contributed by atoms with E-state index in [-0.39, 0.29) is 11.7 Å². The zero-order valence-corrected chi connectivity index (χ0v) is 15.9. The Morgan fingerprint density at radius 2 is 1.75 bits per heavy atom. The third-order valence-corrected chi connectivity index (χ3v) is 3.53. The first-order chi connectivity index (χ1) is 13.2. The Hall–Kier alpha value is -3.53. The second kappa shape index (κ2) is 8.91. The fraction of sp³-hybridized carbons (Fsp3) is 0.278. The fourth-order valence-corrected chi connectivity index (χ4v) is 1.87. The lowest BCUT2D eigenvalue weighted by molar-refractivity contribution is -0.138. The van der Waals surface area contributed by atoms with Crippen LogP contribution in [0.2, 0.25) is 0 Å². The number of nitrogens with zero attached hydrogens (tertiary/aromatic N) is 2. The Kier molecular flexibility index (Phi) is 6.61. The van der Waals surface area contributed by atoms with Crippen molar-refractivity contribution < 1.29 is 23.9 Å². The topological polar surface area (TPSA) is 132 Å². The van der Waals surface area contributed by atoms with Crippen LogP contribution in [0.15, 0.2) is 36.7 Å². The highest BCUT2D eigenvalue weighted by Crippen LogP contribution is 2.23. The number of aromatic nitrogens is 2. The maximum absolute atomic E-state index is 11.9. The molecule has 0 saturated carbocycles. The van der Waals surface area contributed by atoms with Gasteiger partial charge < -0.3 is 14.8 Å². The van der Waals surface area contributed by atoms with E-state index in [1.165, 1.54) is 46.3 Å². The van der Waals surface area contributed by atoms with Gasteiger partial charge in [-0.15, -0.1) is 0 Å². The second-order valence-electron chi connectivity index (χ2n) is 6.16. The van der Waals surface area contributed by atoms with Crippen LogP contribution >= 0.6 is 0 Å². The summed E-state index contributed by atoms with van der Waals surface area (Å²) in [5.74, 6) is 0.611. The molecule has 10 nitrogen and oxygen atoms in total. The second-order valence-corrected chi connectivity index (χ2v) is 6.16. The highest BCUT2D eigenvalue weighted by Gasteiger charge is 2.28. The molecule has 2 heterocycles. The molecule has 2 aromatic heterocycles. The van der Waals surface area contributed by atoms with E-state index in [0.717, 1.165) is 0 Å². The van der Waals surface area contributed by atoms with Crippen molar-refractivity contribution in [1.29, 1.82) is 0 Å². The molecule has 0 fully saturated rings. The number of carbonyl (C=O) groups excluding carboxylic acids is 3. The van der Waals surface area contributed by atoms with Crippen molar-refractivity contribution in [2.75, 3.05) is 17.7 Å². The molecule has 0 saturated heterocycles. The molecule has 10 heteroatoms. The molecule has 0 bridgehead atoms. The van der Waals surface area contributed by atoms with Gasteiger partial charge in [0.25, 0.3) is 5.91 Å². The summed E-state index contributed by atoms with van der Waals surface area (Å²) in [5, 5.41) is 7.16. The van der Waals surface area contributed by atoms with E-state index >= 15 is 0 Å². The van der Waals surface area contributed by atoms with E-state index in [0.29, 0.717) is 17.3 Å². The van der Waals surface area contributed by atoms with Crippen molar-refractivity contribution in [3.63, 3.8) is 0 Å². The fourth-order valence-electron chi connectivity index (χ4n) is 1.87. The molecule has 0 aliphatic carbocycles. The Bertz CT molecular complexity index is 867. The maximum Gasteiger partial charge on any atom is 0.327 e. The number of imide groups is 1. The van der Waals surface area contributed by atoms with E-state index in [1.54, 1.807) is 18.2 Å². The highest BCUT2D eigenvalue weighted by molar-refractivity contribution is 6.03. The summed E-state index contributed by atoms with van der Waals surface area (Å²) < 4.78 is 10.6. The molecule has 4 amide bonds. The number of nitrogens with one attached hydrogen (secondary N) is 3. The van der Waals surface area contributed by atoms with E-state index in [1.807, 2.05) is 0 Å². The number of urea groups is 1. The Labute approximate surface area is 161 Å². The minimum atomic E-state index is -1.14. The lowest BCUT2D eigenvalue weighted by Crippen LogP contribution is -2.47. The summed E-state index contributed by atoms with van der Waals surface area (Å²) in [6, 6.07) is 5.54. The molecule has 3 N–H and O–H groups in total. The number of carbonyl (C=O) groups is 3. The van der Waals surface area contributed by atoms with E-state index in [2.05, 4.69) is 25.9 Å². The van der Waals surface area contributed by atoms with Gasteiger partial charge in [-0.05, 0) is 32.0 Å². The van der Waals surface area contributed by atoms with E-state index in [4.69, 9.17) is 9.47 Å². The van der Waals surface area contributed by atoms with Crippen LogP contribution < -0.4 is 20.7 Å². The van der Waals surface area contributed by atoms with Crippen molar-refractivity contribution in [3.8, 4) is 11.5 Å². The summed E-state index contributed by atoms with van der Waals surface area (Å²) in [7, 11) is 1.37. The van der Waals surface area contributed by atoms with Gasteiger partial charge >= 0.3 is 6.03 Å². The van der Waals surface area contributed by atoms with Gasteiger partial charge in [0.05, 0.1) is 6.20 Å². The smallest absolute Gasteiger partial charge is 0.327 e. The SMILES string of the molecule is COC(C)(C)C(=O)NC(=O)Nc1ccc(Oc2ccnc(NC(C)=O)c2)cn1. The number of hydrogen-bond acceptors (Lipinski definition) is 7. The molecule has 0 radical (unpaired) electrons. The first-order valence-electron chi connectivity index (χ1n) is 8.25. The first-order valence-corrected chi connectivity index (χ1v) is 8.25. The number of anilines is 2. The average Bonchev–Trinajstić information content (AvgIpc) is 2.63. The third-order valence-electron chi connectivity index (χ3n) is 3.53. The molecular weight excluding hydrogens is 366 g/mol. The van der Waals surface area contributed by atoms with Crippen LogP contribution in [0, 0.1) is 0 Å².